The smallest absolute Gasteiger partial charge is 0.131 e. The molecule has 1 heterocycles. The second kappa shape index (κ2) is 4.17. The predicted molar refractivity (Wildman–Crippen MR) is 68.6 cm³/mol. The first kappa shape index (κ1) is 10.8. The van der Waals surface area contributed by atoms with E-state index in [1.54, 1.807) is 0 Å². The molecule has 0 radical (unpaired) electrons. The number of nitrogens with zero attached hydrogens (tertiary/aromatic N) is 2. The molecule has 2 fully saturated rings. The summed E-state index contributed by atoms with van der Waals surface area (Å²) in [6.07, 6.45) is 5.75. The molecule has 3 unspecified atom stereocenters. The molecule has 0 saturated heterocycles. The first-order valence-electron chi connectivity index (χ1n) is 6.56. The Balaban J connectivity index is 1.60. The third kappa shape index (κ3) is 2.21. The van der Waals surface area contributed by atoms with Crippen molar-refractivity contribution in [1.29, 1.82) is 0 Å². The van der Waals surface area contributed by atoms with Crippen LogP contribution in [0.1, 0.15) is 31.5 Å². The number of aryl methyl sites for hydroxylation is 1. The maximum Gasteiger partial charge on any atom is 0.131 e. The Labute approximate surface area is 102 Å². The number of nitrogens with two attached hydrogens (primary N) is 1. The highest BCUT2D eigenvalue weighted by Gasteiger charge is 2.39. The molecule has 3 rings (SSSR count). The highest BCUT2D eigenvalue weighted by molar-refractivity contribution is 5.44. The lowest BCUT2D eigenvalue weighted by molar-refractivity contribution is 0.348. The fraction of sp³-hybridized carbons (Fsp3) is 0.692. The van der Waals surface area contributed by atoms with Gasteiger partial charge in [0, 0.05) is 12.6 Å². The average molecular weight is 232 g/mol. The van der Waals surface area contributed by atoms with Gasteiger partial charge in [0.25, 0.3) is 0 Å². The van der Waals surface area contributed by atoms with Crippen molar-refractivity contribution in [1.82, 2.24) is 9.97 Å². The van der Waals surface area contributed by atoms with Gasteiger partial charge in [-0.3, -0.25) is 0 Å². The molecule has 3 atom stereocenters. The fourth-order valence-corrected chi connectivity index (χ4v) is 3.54. The van der Waals surface area contributed by atoms with E-state index in [9.17, 15) is 0 Å². The van der Waals surface area contributed by atoms with Crippen molar-refractivity contribution in [2.75, 3.05) is 17.6 Å². The molecule has 92 valence electrons. The van der Waals surface area contributed by atoms with Gasteiger partial charge in [-0.1, -0.05) is 6.42 Å². The van der Waals surface area contributed by atoms with Crippen molar-refractivity contribution in [2.24, 2.45) is 17.8 Å². The van der Waals surface area contributed by atoms with Gasteiger partial charge in [-0.15, -0.1) is 0 Å². The van der Waals surface area contributed by atoms with Crippen LogP contribution in [0.5, 0.6) is 0 Å². The summed E-state index contributed by atoms with van der Waals surface area (Å²) in [5, 5.41) is 3.42. The van der Waals surface area contributed by atoms with Gasteiger partial charge in [0.2, 0.25) is 0 Å². The molecule has 2 saturated carbocycles. The lowest BCUT2D eigenvalue weighted by Gasteiger charge is -2.22. The quantitative estimate of drug-likeness (QED) is 0.838. The first-order chi connectivity index (χ1) is 8.20. The summed E-state index contributed by atoms with van der Waals surface area (Å²) < 4.78 is 0. The van der Waals surface area contributed by atoms with Crippen molar-refractivity contribution in [3.8, 4) is 0 Å². The van der Waals surface area contributed by atoms with Crippen LogP contribution in [-0.2, 0) is 0 Å². The zero-order chi connectivity index (χ0) is 11.8. The minimum atomic E-state index is 0.549. The third-order valence-corrected chi connectivity index (χ3v) is 4.29. The Morgan fingerprint density at radius 1 is 1.35 bits per heavy atom. The first-order valence-corrected chi connectivity index (χ1v) is 6.56. The maximum atomic E-state index is 5.71. The van der Waals surface area contributed by atoms with E-state index in [1.165, 1.54) is 25.7 Å². The molecule has 2 bridgehead atoms. The molecule has 1 aromatic heterocycles. The van der Waals surface area contributed by atoms with Crippen LogP contribution in [0.4, 0.5) is 11.6 Å². The van der Waals surface area contributed by atoms with Crippen molar-refractivity contribution in [3.05, 3.63) is 11.9 Å². The molecule has 4 heteroatoms. The van der Waals surface area contributed by atoms with Gasteiger partial charge >= 0.3 is 0 Å². The van der Waals surface area contributed by atoms with Crippen LogP contribution in [0.25, 0.3) is 0 Å². The van der Waals surface area contributed by atoms with Crippen LogP contribution >= 0.6 is 0 Å². The Bertz CT molecular complexity index is 398. The summed E-state index contributed by atoms with van der Waals surface area (Å²) in [4.78, 5) is 8.43. The summed E-state index contributed by atoms with van der Waals surface area (Å²) in [5.74, 6) is 4.95. The van der Waals surface area contributed by atoms with Gasteiger partial charge in [-0.05, 0) is 43.9 Å². The number of nitrogen functional groups attached to an aromatic ring is 1. The zero-order valence-electron chi connectivity index (χ0n) is 10.3. The van der Waals surface area contributed by atoms with E-state index < -0.39 is 0 Å². The van der Waals surface area contributed by atoms with Crippen molar-refractivity contribution < 1.29 is 0 Å². The topological polar surface area (TPSA) is 63.8 Å². The van der Waals surface area contributed by atoms with E-state index in [0.29, 0.717) is 5.82 Å². The van der Waals surface area contributed by atoms with Gasteiger partial charge in [0.05, 0.1) is 0 Å². The van der Waals surface area contributed by atoms with Crippen LogP contribution in [-0.4, -0.2) is 16.5 Å². The van der Waals surface area contributed by atoms with Gasteiger partial charge in [-0.25, -0.2) is 9.97 Å². The number of hydrogen-bond acceptors (Lipinski definition) is 4. The van der Waals surface area contributed by atoms with Crippen LogP contribution in [0.2, 0.25) is 0 Å². The van der Waals surface area contributed by atoms with Crippen LogP contribution in [0, 0.1) is 24.7 Å². The van der Waals surface area contributed by atoms with Gasteiger partial charge in [-0.2, -0.15) is 0 Å². The minimum Gasteiger partial charge on any atom is -0.384 e. The SMILES string of the molecule is Cc1nc(N)cc(NCC2CC3CCC2C3)n1. The normalized spacial score (nSPS) is 30.8. The average Bonchev–Trinajstić information content (AvgIpc) is 2.86. The lowest BCUT2D eigenvalue weighted by Crippen LogP contribution is -2.20. The van der Waals surface area contributed by atoms with Crippen molar-refractivity contribution >= 4 is 11.6 Å². The largest absolute Gasteiger partial charge is 0.384 e. The third-order valence-electron chi connectivity index (χ3n) is 4.29. The summed E-state index contributed by atoms with van der Waals surface area (Å²) in [6, 6.07) is 1.82. The Kier molecular flexibility index (Phi) is 2.65. The van der Waals surface area contributed by atoms with E-state index in [-0.39, 0.29) is 0 Å². The summed E-state index contributed by atoms with van der Waals surface area (Å²) in [6.45, 7) is 2.91. The monoisotopic (exact) mass is 232 g/mol. The molecular formula is C13H20N4. The van der Waals surface area contributed by atoms with E-state index in [0.717, 1.165) is 35.9 Å². The summed E-state index contributed by atoms with van der Waals surface area (Å²) in [7, 11) is 0. The number of fused-ring (bicyclic) bond motifs is 2. The molecule has 0 spiro atoms. The number of hydrogen-bond donors (Lipinski definition) is 2. The Morgan fingerprint density at radius 3 is 2.88 bits per heavy atom. The lowest BCUT2D eigenvalue weighted by atomic mass is 9.89. The second-order valence-electron chi connectivity index (χ2n) is 5.54. The molecule has 2 aliphatic carbocycles. The summed E-state index contributed by atoms with van der Waals surface area (Å²) >= 11 is 0. The second-order valence-corrected chi connectivity index (χ2v) is 5.54. The van der Waals surface area contributed by atoms with E-state index in [4.69, 9.17) is 5.73 Å². The fourth-order valence-electron chi connectivity index (χ4n) is 3.54. The van der Waals surface area contributed by atoms with Crippen molar-refractivity contribution in [3.63, 3.8) is 0 Å². The van der Waals surface area contributed by atoms with Crippen LogP contribution in [0.15, 0.2) is 6.07 Å². The van der Waals surface area contributed by atoms with Gasteiger partial charge in [0.1, 0.15) is 17.5 Å². The highest BCUT2D eigenvalue weighted by Crippen LogP contribution is 2.48. The number of rotatable bonds is 3. The molecule has 17 heavy (non-hydrogen) atoms. The van der Waals surface area contributed by atoms with Crippen LogP contribution < -0.4 is 11.1 Å². The van der Waals surface area contributed by atoms with E-state index in [1.807, 2.05) is 13.0 Å². The molecule has 2 aliphatic rings. The molecular weight excluding hydrogens is 212 g/mol. The number of anilines is 2. The molecule has 1 aromatic rings. The molecule has 0 amide bonds. The van der Waals surface area contributed by atoms with Gasteiger partial charge < -0.3 is 11.1 Å². The van der Waals surface area contributed by atoms with Crippen molar-refractivity contribution in [2.45, 2.75) is 32.6 Å². The predicted octanol–water partition coefficient (Wildman–Crippen LogP) is 2.22. The maximum absolute atomic E-state index is 5.71. The van der Waals surface area contributed by atoms with E-state index >= 15 is 0 Å². The summed E-state index contributed by atoms with van der Waals surface area (Å²) in [5.41, 5.74) is 5.71. The highest BCUT2D eigenvalue weighted by atomic mass is 15.0. The van der Waals surface area contributed by atoms with Crippen LogP contribution in [0.3, 0.4) is 0 Å². The molecule has 0 aliphatic heterocycles. The van der Waals surface area contributed by atoms with E-state index in [2.05, 4.69) is 15.3 Å². The molecule has 4 nitrogen and oxygen atoms in total. The Morgan fingerprint density at radius 2 is 2.24 bits per heavy atom. The van der Waals surface area contributed by atoms with Gasteiger partial charge in [0.15, 0.2) is 0 Å². The standard InChI is InChI=1S/C13H20N4/c1-8-16-12(14)6-13(17-8)15-7-11-5-9-2-3-10(11)4-9/h6,9-11H,2-5,7H2,1H3,(H3,14,15,16,17). The zero-order valence-corrected chi connectivity index (χ0v) is 10.3. The Hall–Kier alpha value is -1.32. The number of aromatic nitrogens is 2. The minimum absolute atomic E-state index is 0.549. The molecule has 0 aromatic carbocycles. The molecule has 3 N–H and O–H groups in total. The number of nitrogens with one attached hydrogen (secondary N) is 1.